The van der Waals surface area contributed by atoms with E-state index in [4.69, 9.17) is 20.8 Å². The molecule has 22 heavy (non-hydrogen) atoms. The molecule has 1 aliphatic heterocycles. The van der Waals surface area contributed by atoms with E-state index in [1.54, 1.807) is 24.3 Å². The molecule has 3 rings (SSSR count). The summed E-state index contributed by atoms with van der Waals surface area (Å²) >= 11 is 6.28. The molecule has 0 spiro atoms. The van der Waals surface area contributed by atoms with E-state index in [1.165, 1.54) is 11.2 Å². The van der Waals surface area contributed by atoms with E-state index in [-0.39, 0.29) is 12.4 Å². The van der Waals surface area contributed by atoms with Crippen molar-refractivity contribution in [3.8, 4) is 0 Å². The molecule has 5 nitrogen and oxygen atoms in total. The lowest BCUT2D eigenvalue weighted by atomic mass is 10.1. The number of halogens is 1. The van der Waals surface area contributed by atoms with Gasteiger partial charge in [-0.1, -0.05) is 23.7 Å². The lowest BCUT2D eigenvalue weighted by Gasteiger charge is -2.28. The van der Waals surface area contributed by atoms with Gasteiger partial charge in [-0.25, -0.2) is 4.79 Å². The fraction of sp³-hybridized carbons (Fsp3) is 0.250. The molecule has 0 radical (unpaired) electrons. The second-order valence-electron chi connectivity index (χ2n) is 5.03. The summed E-state index contributed by atoms with van der Waals surface area (Å²) in [4.78, 5) is 26.2. The molecule has 1 amide bonds. The number of para-hydroxylation sites is 1. The smallest absolute Gasteiger partial charge is 0.329 e. The Balaban J connectivity index is 2.11. The van der Waals surface area contributed by atoms with Crippen molar-refractivity contribution in [2.24, 2.45) is 0 Å². The Morgan fingerprint density at radius 1 is 1.32 bits per heavy atom. The summed E-state index contributed by atoms with van der Waals surface area (Å²) in [7, 11) is 0. The maximum atomic E-state index is 12.8. The van der Waals surface area contributed by atoms with Gasteiger partial charge in [-0.2, -0.15) is 0 Å². The highest BCUT2D eigenvalue weighted by atomic mass is 35.5. The summed E-state index contributed by atoms with van der Waals surface area (Å²) in [5, 5.41) is 0.402. The van der Waals surface area contributed by atoms with Crippen molar-refractivity contribution in [1.82, 2.24) is 0 Å². The van der Waals surface area contributed by atoms with Gasteiger partial charge < -0.3 is 9.15 Å². The third kappa shape index (κ3) is 2.48. The van der Waals surface area contributed by atoms with Crippen LogP contribution in [0.2, 0.25) is 5.02 Å². The predicted octanol–water partition coefficient (Wildman–Crippen LogP) is 3.20. The first-order chi connectivity index (χ1) is 10.6. The van der Waals surface area contributed by atoms with Crippen LogP contribution in [0.15, 0.2) is 41.0 Å². The number of anilines is 1. The van der Waals surface area contributed by atoms with Gasteiger partial charge >= 0.3 is 5.97 Å². The van der Waals surface area contributed by atoms with Crippen LogP contribution in [0.5, 0.6) is 0 Å². The topological polar surface area (TPSA) is 59.8 Å². The van der Waals surface area contributed by atoms with Gasteiger partial charge in [-0.3, -0.25) is 9.69 Å². The zero-order chi connectivity index (χ0) is 15.7. The number of benzene rings is 1. The number of furan rings is 1. The number of cyclic esters (lactones) is 1. The standard InChI is InChI=1S/C16H14ClNO4/c1-10-4-2-5-11(17)14(10)18(12-7-9-22-16(12)20)15(19)13-6-3-8-21-13/h2-6,8,12H,7,9H2,1H3. The van der Waals surface area contributed by atoms with E-state index in [9.17, 15) is 9.59 Å². The number of aryl methyl sites for hydroxylation is 1. The van der Waals surface area contributed by atoms with Crippen LogP contribution in [0.4, 0.5) is 5.69 Å². The molecule has 1 unspecified atom stereocenters. The van der Waals surface area contributed by atoms with Gasteiger partial charge in [0.05, 0.1) is 23.6 Å². The first-order valence-electron chi connectivity index (χ1n) is 6.88. The van der Waals surface area contributed by atoms with Crippen molar-refractivity contribution in [3.05, 3.63) is 52.9 Å². The molecule has 114 valence electrons. The Hall–Kier alpha value is -2.27. The molecule has 1 aromatic heterocycles. The summed E-state index contributed by atoms with van der Waals surface area (Å²) in [5.74, 6) is -0.691. The van der Waals surface area contributed by atoms with E-state index >= 15 is 0 Å². The van der Waals surface area contributed by atoms with E-state index in [0.29, 0.717) is 17.1 Å². The predicted molar refractivity (Wildman–Crippen MR) is 81.1 cm³/mol. The Morgan fingerprint density at radius 3 is 2.73 bits per heavy atom. The second kappa shape index (κ2) is 5.85. The van der Waals surface area contributed by atoms with Crippen molar-refractivity contribution in [2.75, 3.05) is 11.5 Å². The maximum Gasteiger partial charge on any atom is 0.329 e. The molecule has 0 bridgehead atoms. The van der Waals surface area contributed by atoms with E-state index in [1.807, 2.05) is 13.0 Å². The third-order valence-corrected chi connectivity index (χ3v) is 3.90. The highest BCUT2D eigenvalue weighted by Crippen LogP contribution is 2.34. The molecule has 1 saturated heterocycles. The number of amides is 1. The zero-order valence-electron chi connectivity index (χ0n) is 11.9. The van der Waals surface area contributed by atoms with Crippen molar-refractivity contribution in [2.45, 2.75) is 19.4 Å². The van der Waals surface area contributed by atoms with Crippen molar-refractivity contribution < 1.29 is 18.7 Å². The number of nitrogens with zero attached hydrogens (tertiary/aromatic N) is 1. The van der Waals surface area contributed by atoms with Gasteiger partial charge in [-0.15, -0.1) is 0 Å². The largest absolute Gasteiger partial charge is 0.464 e. The SMILES string of the molecule is Cc1cccc(Cl)c1N(C(=O)c1ccco1)C1CCOC1=O. The first kappa shape index (κ1) is 14.7. The number of ether oxygens (including phenoxy) is 1. The second-order valence-corrected chi connectivity index (χ2v) is 5.44. The minimum atomic E-state index is -0.698. The molecule has 1 fully saturated rings. The van der Waals surface area contributed by atoms with Crippen molar-refractivity contribution >= 4 is 29.2 Å². The molecular formula is C16H14ClNO4. The van der Waals surface area contributed by atoms with Gasteiger partial charge in [0.2, 0.25) is 0 Å². The van der Waals surface area contributed by atoms with Crippen LogP contribution in [-0.2, 0) is 9.53 Å². The molecule has 1 atom stereocenters. The van der Waals surface area contributed by atoms with Crippen LogP contribution in [0.1, 0.15) is 22.5 Å². The minimum Gasteiger partial charge on any atom is -0.464 e. The molecular weight excluding hydrogens is 306 g/mol. The summed E-state index contributed by atoms with van der Waals surface area (Å²) in [6.07, 6.45) is 1.84. The molecule has 0 aliphatic carbocycles. The number of rotatable bonds is 3. The summed E-state index contributed by atoms with van der Waals surface area (Å²) in [5.41, 5.74) is 1.31. The highest BCUT2D eigenvalue weighted by Gasteiger charge is 2.39. The Labute approximate surface area is 132 Å². The normalized spacial score (nSPS) is 17.4. The third-order valence-electron chi connectivity index (χ3n) is 3.60. The van der Waals surface area contributed by atoms with Crippen LogP contribution in [0, 0.1) is 6.92 Å². The molecule has 0 saturated carbocycles. The average molecular weight is 320 g/mol. The number of hydrogen-bond acceptors (Lipinski definition) is 4. The van der Waals surface area contributed by atoms with Crippen molar-refractivity contribution in [3.63, 3.8) is 0 Å². The summed E-state index contributed by atoms with van der Waals surface area (Å²) < 4.78 is 10.2. The van der Waals surface area contributed by atoms with Crippen LogP contribution in [-0.4, -0.2) is 24.5 Å². The van der Waals surface area contributed by atoms with Gasteiger partial charge in [0.25, 0.3) is 5.91 Å². The van der Waals surface area contributed by atoms with Crippen LogP contribution >= 0.6 is 11.6 Å². The highest BCUT2D eigenvalue weighted by molar-refractivity contribution is 6.34. The van der Waals surface area contributed by atoms with Gasteiger partial charge in [0.15, 0.2) is 5.76 Å². The van der Waals surface area contributed by atoms with E-state index in [0.717, 1.165) is 5.56 Å². The fourth-order valence-corrected chi connectivity index (χ4v) is 2.88. The quantitative estimate of drug-likeness (QED) is 0.815. The number of carbonyl (C=O) groups is 2. The molecule has 0 N–H and O–H groups in total. The molecule has 2 heterocycles. The van der Waals surface area contributed by atoms with E-state index in [2.05, 4.69) is 0 Å². The Morgan fingerprint density at radius 2 is 2.14 bits per heavy atom. The van der Waals surface area contributed by atoms with Gasteiger partial charge in [-0.05, 0) is 30.7 Å². The Kier molecular flexibility index (Phi) is 3.90. The molecule has 2 aromatic rings. The number of esters is 1. The summed E-state index contributed by atoms with van der Waals surface area (Å²) in [6.45, 7) is 2.12. The zero-order valence-corrected chi connectivity index (χ0v) is 12.7. The van der Waals surface area contributed by atoms with Crippen LogP contribution in [0.3, 0.4) is 0 Å². The molecule has 6 heteroatoms. The monoisotopic (exact) mass is 319 g/mol. The molecule has 1 aromatic carbocycles. The lowest BCUT2D eigenvalue weighted by molar-refractivity contribution is -0.139. The maximum absolute atomic E-state index is 12.8. The van der Waals surface area contributed by atoms with Crippen molar-refractivity contribution in [1.29, 1.82) is 0 Å². The number of hydrogen-bond donors (Lipinski definition) is 0. The first-order valence-corrected chi connectivity index (χ1v) is 7.26. The van der Waals surface area contributed by atoms with Crippen LogP contribution < -0.4 is 4.90 Å². The number of carbonyl (C=O) groups excluding carboxylic acids is 2. The summed E-state index contributed by atoms with van der Waals surface area (Å²) in [6, 6.07) is 7.80. The minimum absolute atomic E-state index is 0.152. The molecule has 1 aliphatic rings. The van der Waals surface area contributed by atoms with Crippen LogP contribution in [0.25, 0.3) is 0 Å². The van der Waals surface area contributed by atoms with E-state index < -0.39 is 17.9 Å². The Bertz CT molecular complexity index is 691. The average Bonchev–Trinajstić information content (AvgIpc) is 3.14. The lowest BCUT2D eigenvalue weighted by Crippen LogP contribution is -2.43. The fourth-order valence-electron chi connectivity index (χ4n) is 2.57. The van der Waals surface area contributed by atoms with Gasteiger partial charge in [0, 0.05) is 6.42 Å². The van der Waals surface area contributed by atoms with Gasteiger partial charge in [0.1, 0.15) is 6.04 Å².